The van der Waals surface area contributed by atoms with Gasteiger partial charge in [0.2, 0.25) is 0 Å². The Morgan fingerprint density at radius 1 is 1.50 bits per heavy atom. The molecule has 0 fully saturated rings. The highest BCUT2D eigenvalue weighted by atomic mass is 16.5. The van der Waals surface area contributed by atoms with Crippen molar-refractivity contribution in [2.45, 2.75) is 26.3 Å². The summed E-state index contributed by atoms with van der Waals surface area (Å²) in [5.74, 6) is -0.212. The van der Waals surface area contributed by atoms with Crippen molar-refractivity contribution >= 4 is 5.97 Å². The highest BCUT2D eigenvalue weighted by Gasteiger charge is 2.10. The Balaban J connectivity index is 2.44. The second kappa shape index (κ2) is 6.17. The summed E-state index contributed by atoms with van der Waals surface area (Å²) in [6.07, 6.45) is 3.70. The van der Waals surface area contributed by atoms with Crippen molar-refractivity contribution in [2.75, 3.05) is 13.7 Å². The van der Waals surface area contributed by atoms with Crippen LogP contribution in [-0.2, 0) is 9.53 Å². The second-order valence-corrected chi connectivity index (χ2v) is 3.53. The molecule has 5 nitrogen and oxygen atoms in total. The molecular weight excluding hydrogens is 206 g/mol. The lowest BCUT2D eigenvalue weighted by Crippen LogP contribution is -2.24. The first-order chi connectivity index (χ1) is 7.65. The number of rotatable bonds is 5. The van der Waals surface area contributed by atoms with Crippen LogP contribution in [0.1, 0.15) is 30.8 Å². The molecule has 1 rings (SSSR count). The van der Waals surface area contributed by atoms with Crippen molar-refractivity contribution in [3.8, 4) is 0 Å². The monoisotopic (exact) mass is 223 g/mol. The van der Waals surface area contributed by atoms with Crippen LogP contribution in [0.25, 0.3) is 0 Å². The lowest BCUT2D eigenvalue weighted by molar-refractivity contribution is -0.140. The zero-order valence-corrected chi connectivity index (χ0v) is 9.86. The molecule has 0 aromatic carbocycles. The third kappa shape index (κ3) is 3.58. The molecule has 1 heterocycles. The number of hydrogen-bond donors (Lipinski definition) is 1. The van der Waals surface area contributed by atoms with Crippen molar-refractivity contribution in [2.24, 2.45) is 0 Å². The zero-order chi connectivity index (χ0) is 12.0. The quantitative estimate of drug-likeness (QED) is 0.754. The summed E-state index contributed by atoms with van der Waals surface area (Å²) in [5, 5.41) is 3.20. The van der Waals surface area contributed by atoms with Gasteiger partial charge in [0.05, 0.1) is 24.9 Å². The topological polar surface area (TPSA) is 64.1 Å². The molecule has 1 aromatic heterocycles. The molecule has 0 aliphatic heterocycles. The van der Waals surface area contributed by atoms with Crippen LogP contribution in [0.15, 0.2) is 12.4 Å². The molecule has 1 aromatic rings. The lowest BCUT2D eigenvalue weighted by Gasteiger charge is -2.13. The number of ether oxygens (including phenoxy) is 1. The minimum atomic E-state index is -0.212. The molecule has 0 aliphatic carbocycles. The molecule has 0 amide bonds. The molecule has 0 spiro atoms. The Labute approximate surface area is 95.3 Å². The Bertz CT molecular complexity index is 355. The van der Waals surface area contributed by atoms with Crippen LogP contribution in [0, 0.1) is 6.92 Å². The van der Waals surface area contributed by atoms with Gasteiger partial charge in [-0.25, -0.2) is 0 Å². The largest absolute Gasteiger partial charge is 0.469 e. The van der Waals surface area contributed by atoms with E-state index in [9.17, 15) is 4.79 Å². The summed E-state index contributed by atoms with van der Waals surface area (Å²) in [6, 6.07) is 0.0818. The Morgan fingerprint density at radius 3 is 2.81 bits per heavy atom. The van der Waals surface area contributed by atoms with Gasteiger partial charge in [0, 0.05) is 25.0 Å². The van der Waals surface area contributed by atoms with Crippen molar-refractivity contribution in [3.05, 3.63) is 23.8 Å². The minimum absolute atomic E-state index is 0.0818. The maximum atomic E-state index is 10.9. The molecule has 1 atom stereocenters. The zero-order valence-electron chi connectivity index (χ0n) is 9.86. The van der Waals surface area contributed by atoms with Crippen LogP contribution in [0.4, 0.5) is 0 Å². The van der Waals surface area contributed by atoms with Gasteiger partial charge < -0.3 is 10.1 Å². The van der Waals surface area contributed by atoms with Gasteiger partial charge in [0.15, 0.2) is 0 Å². The summed E-state index contributed by atoms with van der Waals surface area (Å²) >= 11 is 0. The highest BCUT2D eigenvalue weighted by Crippen LogP contribution is 2.11. The molecule has 1 N–H and O–H groups in total. The van der Waals surface area contributed by atoms with Gasteiger partial charge in [-0.2, -0.15) is 0 Å². The van der Waals surface area contributed by atoms with E-state index < -0.39 is 0 Å². The normalized spacial score (nSPS) is 12.2. The van der Waals surface area contributed by atoms with Crippen LogP contribution in [0.3, 0.4) is 0 Å². The molecule has 16 heavy (non-hydrogen) atoms. The number of aryl methyl sites for hydroxylation is 1. The number of hydrogen-bond acceptors (Lipinski definition) is 5. The molecule has 88 valence electrons. The first-order valence-corrected chi connectivity index (χ1v) is 5.23. The number of nitrogens with one attached hydrogen (secondary N) is 1. The summed E-state index contributed by atoms with van der Waals surface area (Å²) in [7, 11) is 1.39. The molecule has 5 heteroatoms. The number of carbonyl (C=O) groups is 1. The Hall–Kier alpha value is -1.49. The SMILES string of the molecule is COC(=O)CCNC(C)c1nccnc1C. The molecule has 0 radical (unpaired) electrons. The highest BCUT2D eigenvalue weighted by molar-refractivity contribution is 5.69. The Kier molecular flexibility index (Phi) is 4.85. The molecule has 1 unspecified atom stereocenters. The van der Waals surface area contributed by atoms with Gasteiger partial charge in [-0.1, -0.05) is 0 Å². The standard InChI is InChI=1S/C11H17N3O2/c1-8(12-5-4-10(15)16-3)11-9(2)13-6-7-14-11/h6-8,12H,4-5H2,1-3H3. The maximum absolute atomic E-state index is 10.9. The first kappa shape index (κ1) is 12.6. The van der Waals surface area contributed by atoms with Gasteiger partial charge in [-0.3, -0.25) is 14.8 Å². The molecule has 0 saturated carbocycles. The minimum Gasteiger partial charge on any atom is -0.469 e. The van der Waals surface area contributed by atoms with Crippen molar-refractivity contribution < 1.29 is 9.53 Å². The van der Waals surface area contributed by atoms with E-state index in [1.807, 2.05) is 13.8 Å². The number of aromatic nitrogens is 2. The van der Waals surface area contributed by atoms with Crippen LogP contribution < -0.4 is 5.32 Å². The predicted molar refractivity (Wildman–Crippen MR) is 59.8 cm³/mol. The van der Waals surface area contributed by atoms with Gasteiger partial charge in [-0.05, 0) is 13.8 Å². The third-order valence-corrected chi connectivity index (χ3v) is 2.34. The number of nitrogens with zero attached hydrogens (tertiary/aromatic N) is 2. The summed E-state index contributed by atoms with van der Waals surface area (Å²) < 4.78 is 4.55. The van der Waals surface area contributed by atoms with E-state index in [-0.39, 0.29) is 12.0 Å². The van der Waals surface area contributed by atoms with Crippen LogP contribution >= 0.6 is 0 Å². The number of methoxy groups -OCH3 is 1. The first-order valence-electron chi connectivity index (χ1n) is 5.23. The van der Waals surface area contributed by atoms with Gasteiger partial charge in [0.25, 0.3) is 0 Å². The van der Waals surface area contributed by atoms with Gasteiger partial charge in [-0.15, -0.1) is 0 Å². The average Bonchev–Trinajstić information content (AvgIpc) is 2.29. The number of carbonyl (C=O) groups excluding carboxylic acids is 1. The van der Waals surface area contributed by atoms with Crippen LogP contribution in [0.2, 0.25) is 0 Å². The maximum Gasteiger partial charge on any atom is 0.306 e. The smallest absolute Gasteiger partial charge is 0.306 e. The Morgan fingerprint density at radius 2 is 2.19 bits per heavy atom. The van der Waals surface area contributed by atoms with E-state index in [0.717, 1.165) is 11.4 Å². The fraction of sp³-hybridized carbons (Fsp3) is 0.545. The van der Waals surface area contributed by atoms with Gasteiger partial charge in [0.1, 0.15) is 0 Å². The second-order valence-electron chi connectivity index (χ2n) is 3.53. The van der Waals surface area contributed by atoms with Gasteiger partial charge >= 0.3 is 5.97 Å². The van der Waals surface area contributed by atoms with E-state index >= 15 is 0 Å². The van der Waals surface area contributed by atoms with E-state index in [1.165, 1.54) is 7.11 Å². The van der Waals surface area contributed by atoms with Crippen molar-refractivity contribution in [3.63, 3.8) is 0 Å². The van der Waals surface area contributed by atoms with E-state index in [2.05, 4.69) is 20.0 Å². The summed E-state index contributed by atoms with van der Waals surface area (Å²) in [5.41, 5.74) is 1.81. The molecule has 0 bridgehead atoms. The van der Waals surface area contributed by atoms with Crippen molar-refractivity contribution in [1.82, 2.24) is 15.3 Å². The molecular formula is C11H17N3O2. The van der Waals surface area contributed by atoms with E-state index in [4.69, 9.17) is 0 Å². The number of esters is 1. The van der Waals surface area contributed by atoms with E-state index in [1.54, 1.807) is 12.4 Å². The predicted octanol–water partition coefficient (Wildman–Crippen LogP) is 0.999. The average molecular weight is 223 g/mol. The summed E-state index contributed by atoms with van der Waals surface area (Å²) in [6.45, 7) is 4.49. The van der Waals surface area contributed by atoms with E-state index in [0.29, 0.717) is 13.0 Å². The van der Waals surface area contributed by atoms with Crippen LogP contribution in [0.5, 0.6) is 0 Å². The fourth-order valence-corrected chi connectivity index (χ4v) is 1.43. The van der Waals surface area contributed by atoms with Crippen molar-refractivity contribution in [1.29, 1.82) is 0 Å². The van der Waals surface area contributed by atoms with Crippen LogP contribution in [-0.4, -0.2) is 29.6 Å². The summed E-state index contributed by atoms with van der Waals surface area (Å²) in [4.78, 5) is 19.3. The lowest BCUT2D eigenvalue weighted by atomic mass is 10.2. The molecule has 0 aliphatic rings. The molecule has 0 saturated heterocycles. The third-order valence-electron chi connectivity index (χ3n) is 2.34. The fourth-order valence-electron chi connectivity index (χ4n) is 1.43.